The molecule has 7 nitrogen and oxygen atoms in total. The number of aryl methyl sites for hydroxylation is 2. The maximum absolute atomic E-state index is 13.2. The number of piperidine rings is 1. The van der Waals surface area contributed by atoms with Crippen molar-refractivity contribution in [2.75, 3.05) is 25.0 Å². The van der Waals surface area contributed by atoms with E-state index in [0.29, 0.717) is 42.1 Å². The fourth-order valence-corrected chi connectivity index (χ4v) is 5.66. The van der Waals surface area contributed by atoms with E-state index in [2.05, 4.69) is 5.32 Å². The molecule has 2 aromatic rings. The second-order valence-corrected chi connectivity index (χ2v) is 10.0. The van der Waals surface area contributed by atoms with E-state index in [1.54, 1.807) is 44.2 Å². The standard InChI is InChI=1S/C24H30N2O5S/c1-4-31-23(27)15-19-9-11-21(12-10-19)25-24(28)20-6-5-13-26(16-20)32(29,30)22-14-17(2)7-8-18(22)3/h7-12,14,20H,4-6,13,15-16H2,1-3H3,(H,25,28). The number of carbonyl (C=O) groups excluding carboxylic acids is 2. The maximum Gasteiger partial charge on any atom is 0.310 e. The number of rotatable bonds is 7. The molecule has 1 aliphatic heterocycles. The first-order valence-electron chi connectivity index (χ1n) is 10.8. The van der Waals surface area contributed by atoms with Crippen molar-refractivity contribution >= 4 is 27.6 Å². The van der Waals surface area contributed by atoms with Crippen LogP contribution in [0.5, 0.6) is 0 Å². The maximum atomic E-state index is 13.2. The van der Waals surface area contributed by atoms with Crippen molar-refractivity contribution in [3.63, 3.8) is 0 Å². The minimum absolute atomic E-state index is 0.155. The summed E-state index contributed by atoms with van der Waals surface area (Å²) in [6, 6.07) is 12.4. The minimum Gasteiger partial charge on any atom is -0.466 e. The van der Waals surface area contributed by atoms with Crippen molar-refractivity contribution in [3.05, 3.63) is 59.2 Å². The molecule has 0 spiro atoms. The molecule has 1 N–H and O–H groups in total. The summed E-state index contributed by atoms with van der Waals surface area (Å²) >= 11 is 0. The van der Waals surface area contributed by atoms with E-state index >= 15 is 0 Å². The van der Waals surface area contributed by atoms with Crippen LogP contribution in [-0.2, 0) is 30.8 Å². The second kappa shape index (κ2) is 10.3. The van der Waals surface area contributed by atoms with Crippen LogP contribution in [0.15, 0.2) is 47.4 Å². The lowest BCUT2D eigenvalue weighted by Crippen LogP contribution is -2.43. The molecular formula is C24H30N2O5S. The highest BCUT2D eigenvalue weighted by Crippen LogP contribution is 2.27. The van der Waals surface area contributed by atoms with Gasteiger partial charge in [0.1, 0.15) is 0 Å². The number of esters is 1. The van der Waals surface area contributed by atoms with Gasteiger partial charge in [-0.05, 0) is 68.5 Å². The van der Waals surface area contributed by atoms with Gasteiger partial charge in [-0.1, -0.05) is 24.3 Å². The molecule has 8 heteroatoms. The Kier molecular flexibility index (Phi) is 7.69. The Morgan fingerprint density at radius 2 is 1.84 bits per heavy atom. The molecule has 0 radical (unpaired) electrons. The van der Waals surface area contributed by atoms with Gasteiger partial charge in [0, 0.05) is 18.8 Å². The molecule has 1 fully saturated rings. The van der Waals surface area contributed by atoms with E-state index in [0.717, 1.165) is 11.1 Å². The summed E-state index contributed by atoms with van der Waals surface area (Å²) in [6.07, 6.45) is 1.43. The topological polar surface area (TPSA) is 92.8 Å². The van der Waals surface area contributed by atoms with Gasteiger partial charge < -0.3 is 10.1 Å². The molecule has 1 unspecified atom stereocenters. The Balaban J connectivity index is 1.65. The van der Waals surface area contributed by atoms with Gasteiger partial charge in [-0.3, -0.25) is 9.59 Å². The third kappa shape index (κ3) is 5.75. The molecule has 1 aliphatic rings. The zero-order chi connectivity index (χ0) is 23.3. The molecular weight excluding hydrogens is 428 g/mol. The number of benzene rings is 2. The normalized spacial score (nSPS) is 17.0. The van der Waals surface area contributed by atoms with Crippen LogP contribution in [0.2, 0.25) is 0 Å². The van der Waals surface area contributed by atoms with E-state index in [9.17, 15) is 18.0 Å². The zero-order valence-corrected chi connectivity index (χ0v) is 19.6. The van der Waals surface area contributed by atoms with Gasteiger partial charge in [0.2, 0.25) is 15.9 Å². The molecule has 0 aromatic heterocycles. The lowest BCUT2D eigenvalue weighted by Gasteiger charge is -2.31. The van der Waals surface area contributed by atoms with E-state index < -0.39 is 15.9 Å². The van der Waals surface area contributed by atoms with Crippen LogP contribution in [0.3, 0.4) is 0 Å². The van der Waals surface area contributed by atoms with E-state index in [1.165, 1.54) is 4.31 Å². The van der Waals surface area contributed by atoms with Crippen molar-refractivity contribution in [2.45, 2.75) is 44.9 Å². The number of nitrogens with zero attached hydrogens (tertiary/aromatic N) is 1. The van der Waals surface area contributed by atoms with Crippen molar-refractivity contribution in [1.82, 2.24) is 4.31 Å². The second-order valence-electron chi connectivity index (χ2n) is 8.14. The number of carbonyl (C=O) groups is 2. The molecule has 2 aromatic carbocycles. The summed E-state index contributed by atoms with van der Waals surface area (Å²) in [6.45, 7) is 6.31. The number of anilines is 1. The lowest BCUT2D eigenvalue weighted by atomic mass is 9.98. The summed E-state index contributed by atoms with van der Waals surface area (Å²) < 4.78 is 32.8. The summed E-state index contributed by atoms with van der Waals surface area (Å²) in [5, 5.41) is 2.87. The van der Waals surface area contributed by atoms with E-state index in [-0.39, 0.29) is 24.8 Å². The average molecular weight is 459 g/mol. The van der Waals surface area contributed by atoms with Gasteiger partial charge in [0.15, 0.2) is 0 Å². The predicted octanol–water partition coefficient (Wildman–Crippen LogP) is 3.45. The van der Waals surface area contributed by atoms with Gasteiger partial charge in [0.25, 0.3) is 0 Å². The first-order valence-corrected chi connectivity index (χ1v) is 12.3. The quantitative estimate of drug-likeness (QED) is 0.642. The van der Waals surface area contributed by atoms with Gasteiger partial charge in [-0.25, -0.2) is 8.42 Å². The van der Waals surface area contributed by atoms with E-state index in [4.69, 9.17) is 4.74 Å². The number of amides is 1. The molecule has 0 bridgehead atoms. The van der Waals surface area contributed by atoms with Gasteiger partial charge in [-0.15, -0.1) is 0 Å². The zero-order valence-electron chi connectivity index (χ0n) is 18.8. The molecule has 1 saturated heterocycles. The highest BCUT2D eigenvalue weighted by Gasteiger charge is 2.34. The Labute approximate surface area is 189 Å². The smallest absolute Gasteiger partial charge is 0.310 e. The number of sulfonamides is 1. The van der Waals surface area contributed by atoms with E-state index in [1.807, 2.05) is 19.1 Å². The average Bonchev–Trinajstić information content (AvgIpc) is 2.77. The number of hydrogen-bond donors (Lipinski definition) is 1. The molecule has 1 atom stereocenters. The van der Waals surface area contributed by atoms with Crippen LogP contribution in [0.25, 0.3) is 0 Å². The monoisotopic (exact) mass is 458 g/mol. The molecule has 32 heavy (non-hydrogen) atoms. The van der Waals surface area contributed by atoms with Crippen LogP contribution in [-0.4, -0.2) is 44.3 Å². The molecule has 1 heterocycles. The number of ether oxygens (including phenoxy) is 1. The van der Waals surface area contributed by atoms with Gasteiger partial charge in [-0.2, -0.15) is 4.31 Å². The Morgan fingerprint density at radius 3 is 2.53 bits per heavy atom. The van der Waals surface area contributed by atoms with Crippen LogP contribution in [0.4, 0.5) is 5.69 Å². The molecule has 1 amide bonds. The van der Waals surface area contributed by atoms with Crippen LogP contribution < -0.4 is 5.32 Å². The molecule has 3 rings (SSSR count). The summed E-state index contributed by atoms with van der Waals surface area (Å²) in [5.74, 6) is -0.927. The third-order valence-corrected chi connectivity index (χ3v) is 7.60. The molecule has 0 saturated carbocycles. The van der Waals surface area contributed by atoms with Crippen molar-refractivity contribution in [1.29, 1.82) is 0 Å². The van der Waals surface area contributed by atoms with Crippen molar-refractivity contribution in [3.8, 4) is 0 Å². The number of hydrogen-bond acceptors (Lipinski definition) is 5. The van der Waals surface area contributed by atoms with Crippen molar-refractivity contribution in [2.24, 2.45) is 5.92 Å². The molecule has 172 valence electrons. The predicted molar refractivity (Wildman–Crippen MR) is 123 cm³/mol. The minimum atomic E-state index is -3.67. The molecule has 0 aliphatic carbocycles. The Morgan fingerprint density at radius 1 is 1.12 bits per heavy atom. The summed E-state index contributed by atoms with van der Waals surface area (Å²) in [7, 11) is -3.67. The fraction of sp³-hybridized carbons (Fsp3) is 0.417. The van der Waals surface area contributed by atoms with Gasteiger partial charge >= 0.3 is 5.97 Å². The van der Waals surface area contributed by atoms with Crippen LogP contribution in [0, 0.1) is 19.8 Å². The Hall–Kier alpha value is -2.71. The summed E-state index contributed by atoms with van der Waals surface area (Å²) in [4.78, 5) is 24.7. The third-order valence-electron chi connectivity index (χ3n) is 5.59. The van der Waals surface area contributed by atoms with Crippen LogP contribution in [0.1, 0.15) is 36.5 Å². The Bertz CT molecular complexity index is 1080. The largest absolute Gasteiger partial charge is 0.466 e. The lowest BCUT2D eigenvalue weighted by molar-refractivity contribution is -0.142. The highest BCUT2D eigenvalue weighted by molar-refractivity contribution is 7.89. The van der Waals surface area contributed by atoms with Gasteiger partial charge in [0.05, 0.1) is 23.8 Å². The first-order chi connectivity index (χ1) is 15.2. The van der Waals surface area contributed by atoms with Crippen molar-refractivity contribution < 1.29 is 22.7 Å². The van der Waals surface area contributed by atoms with Crippen LogP contribution >= 0.6 is 0 Å². The highest BCUT2D eigenvalue weighted by atomic mass is 32.2. The number of nitrogens with one attached hydrogen (secondary N) is 1. The first kappa shape index (κ1) is 23.9. The SMILES string of the molecule is CCOC(=O)Cc1ccc(NC(=O)C2CCCN(S(=O)(=O)c3cc(C)ccc3C)C2)cc1. The summed E-state index contributed by atoms with van der Waals surface area (Å²) in [5.41, 5.74) is 2.99. The fourth-order valence-electron chi connectivity index (χ4n) is 3.83.